The van der Waals surface area contributed by atoms with E-state index in [2.05, 4.69) is 174 Å². The summed E-state index contributed by atoms with van der Waals surface area (Å²) in [6.07, 6.45) is 57.0. The predicted molar refractivity (Wildman–Crippen MR) is 313 cm³/mol. The predicted octanol–water partition coefficient (Wildman–Crippen LogP) is 21.9. The minimum atomic E-state index is -4.36. The lowest BCUT2D eigenvalue weighted by Crippen LogP contribution is -2.00. The molecular formula is C65H109O4P. The molecule has 0 aromatic rings. The van der Waals surface area contributed by atoms with Crippen LogP contribution in [-0.4, -0.2) is 16.4 Å². The third-order valence-electron chi connectivity index (χ3n) is 13.4. The first-order valence-electron chi connectivity index (χ1n) is 27.7. The number of allylic oxidation sites excluding steroid dienone is 24. The summed E-state index contributed by atoms with van der Waals surface area (Å²) in [4.78, 5) is 17.6. The number of hydrogen-bond donors (Lipinski definition) is 2. The molecule has 4 nitrogen and oxygen atoms in total. The Morgan fingerprint density at radius 2 is 0.514 bits per heavy atom. The normalized spacial score (nSPS) is 15.3. The highest BCUT2D eigenvalue weighted by Gasteiger charge is 2.14. The summed E-state index contributed by atoms with van der Waals surface area (Å²) < 4.78 is 15.4. The van der Waals surface area contributed by atoms with Crippen molar-refractivity contribution < 1.29 is 18.9 Å². The molecule has 0 heterocycles. The maximum atomic E-state index is 10.8. The van der Waals surface area contributed by atoms with Gasteiger partial charge < -0.3 is 9.79 Å². The van der Waals surface area contributed by atoms with Gasteiger partial charge in [-0.25, -0.2) is 4.57 Å². The Labute approximate surface area is 434 Å². The highest BCUT2D eigenvalue weighted by atomic mass is 31.2. The Kier molecular flexibility index (Phi) is 40.7. The molecule has 0 aromatic carbocycles. The molecule has 398 valence electrons. The van der Waals surface area contributed by atoms with Crippen molar-refractivity contribution in [3.05, 3.63) is 140 Å². The molecule has 0 aliphatic carbocycles. The molecule has 0 bridgehead atoms. The van der Waals surface area contributed by atoms with E-state index in [1.807, 2.05) is 0 Å². The van der Waals surface area contributed by atoms with Gasteiger partial charge in [0.05, 0.1) is 6.61 Å². The zero-order valence-corrected chi connectivity index (χ0v) is 48.9. The van der Waals surface area contributed by atoms with Gasteiger partial charge in [0.2, 0.25) is 0 Å². The monoisotopic (exact) mass is 985 g/mol. The van der Waals surface area contributed by atoms with Crippen LogP contribution in [-0.2, 0) is 9.09 Å². The minimum Gasteiger partial charge on any atom is -0.303 e. The summed E-state index contributed by atoms with van der Waals surface area (Å²) in [7, 11) is -4.36. The van der Waals surface area contributed by atoms with E-state index in [1.165, 1.54) is 99.0 Å². The van der Waals surface area contributed by atoms with Crippen LogP contribution in [0.5, 0.6) is 0 Å². The van der Waals surface area contributed by atoms with Gasteiger partial charge in [0.15, 0.2) is 0 Å². The molecule has 0 fully saturated rings. The minimum absolute atomic E-state index is 0.106. The Balaban J connectivity index is 4.29. The van der Waals surface area contributed by atoms with Gasteiger partial charge in [-0.1, -0.05) is 147 Å². The number of phosphoric ester groups is 1. The molecule has 0 radical (unpaired) electrons. The first kappa shape index (κ1) is 67.0. The molecular weight excluding hydrogens is 876 g/mol. The molecule has 0 rings (SSSR count). The van der Waals surface area contributed by atoms with Crippen LogP contribution < -0.4 is 0 Å². The fraction of sp³-hybridized carbons (Fsp3) is 0.631. The van der Waals surface area contributed by atoms with Crippen molar-refractivity contribution in [1.82, 2.24) is 0 Å². The average molecular weight is 986 g/mol. The van der Waals surface area contributed by atoms with Crippen LogP contribution in [0.2, 0.25) is 0 Å². The molecule has 0 saturated heterocycles. The van der Waals surface area contributed by atoms with Gasteiger partial charge in [0.25, 0.3) is 0 Å². The zero-order valence-electron chi connectivity index (χ0n) is 48.0. The number of hydrogen-bond acceptors (Lipinski definition) is 2. The van der Waals surface area contributed by atoms with E-state index in [1.54, 1.807) is 0 Å². The third kappa shape index (κ3) is 46.1. The summed E-state index contributed by atoms with van der Waals surface area (Å²) in [6, 6.07) is 0. The van der Waals surface area contributed by atoms with Crippen molar-refractivity contribution in [2.45, 2.75) is 257 Å². The quantitative estimate of drug-likeness (QED) is 0.0474. The summed E-state index contributed by atoms with van der Waals surface area (Å²) in [5.41, 5.74) is 17.9. The molecule has 0 saturated carbocycles. The van der Waals surface area contributed by atoms with Gasteiger partial charge in [-0.15, -0.1) is 0 Å². The van der Waals surface area contributed by atoms with Gasteiger partial charge in [-0.3, -0.25) is 4.52 Å². The first-order valence-corrected chi connectivity index (χ1v) is 29.2. The second-order valence-corrected chi connectivity index (χ2v) is 22.8. The second kappa shape index (κ2) is 42.5. The fourth-order valence-electron chi connectivity index (χ4n) is 8.30. The lowest BCUT2D eigenvalue weighted by molar-refractivity contribution is 0.185. The molecule has 0 aliphatic rings. The van der Waals surface area contributed by atoms with Crippen molar-refractivity contribution in [2.24, 2.45) is 5.92 Å². The molecule has 0 spiro atoms. The SMILES string of the molecule is CC(C)=CCC/C(C)=C/CC/C(C)=C/CC/C(C)=C\CC/C(C)=C\CC/C(C)=C\CC/C(C)=C\CC/C(C)=C\CC/C(C)=C\CC/C(C)=C\CC/C(C)=C\CC/C(C)=C\CCC(C)CCOP(=O)(O)O. The smallest absolute Gasteiger partial charge is 0.303 e. The van der Waals surface area contributed by atoms with Crippen LogP contribution in [0.25, 0.3) is 0 Å². The Hall–Kier alpha value is -3.01. The van der Waals surface area contributed by atoms with E-state index in [0.29, 0.717) is 12.3 Å². The maximum Gasteiger partial charge on any atom is 0.469 e. The molecule has 5 heteroatoms. The topological polar surface area (TPSA) is 66.8 Å². The van der Waals surface area contributed by atoms with Crippen LogP contribution in [0.15, 0.2) is 140 Å². The largest absolute Gasteiger partial charge is 0.469 e. The Morgan fingerprint density at radius 3 is 0.700 bits per heavy atom. The zero-order chi connectivity index (χ0) is 52.6. The fourth-order valence-corrected chi connectivity index (χ4v) is 8.65. The van der Waals surface area contributed by atoms with E-state index in [9.17, 15) is 4.57 Å². The standard InChI is InChI=1S/C65H109O4P/c1-53(2)27-15-28-54(3)29-16-30-55(4)31-17-32-56(5)33-18-34-57(6)35-19-36-58(7)37-20-38-59(8)39-21-40-60(9)41-22-42-61(10)43-23-44-62(11)45-24-46-63(12)47-25-48-64(13)49-26-50-65(14)51-52-69-70(66,67)68/h27,29,31,33,35,37,39,41,43,45,47,49,65H,15-26,28,30,32,34,36,38,40,42,44,46,48,50-52H2,1-14H3,(H2,66,67,68)/b54-29+,55-31+,56-33-,57-35-,58-37-,59-39-,60-41-,61-43-,62-45-,63-47-,64-49-. The van der Waals surface area contributed by atoms with Crippen molar-refractivity contribution in [3.63, 3.8) is 0 Å². The molecule has 1 atom stereocenters. The number of phosphoric acid groups is 1. The molecule has 0 amide bonds. The Morgan fingerprint density at radius 1 is 0.329 bits per heavy atom. The van der Waals surface area contributed by atoms with Crippen molar-refractivity contribution in [3.8, 4) is 0 Å². The maximum absolute atomic E-state index is 10.8. The van der Waals surface area contributed by atoms with E-state index < -0.39 is 7.82 Å². The average Bonchev–Trinajstić information content (AvgIpc) is 3.25. The highest BCUT2D eigenvalue weighted by Crippen LogP contribution is 2.36. The van der Waals surface area contributed by atoms with Crippen LogP contribution >= 0.6 is 7.82 Å². The van der Waals surface area contributed by atoms with Gasteiger partial charge in [-0.2, -0.15) is 0 Å². The lowest BCUT2D eigenvalue weighted by atomic mass is 10.0. The van der Waals surface area contributed by atoms with Gasteiger partial charge in [0.1, 0.15) is 0 Å². The van der Waals surface area contributed by atoms with E-state index in [-0.39, 0.29) is 6.61 Å². The second-order valence-electron chi connectivity index (χ2n) is 21.6. The van der Waals surface area contributed by atoms with Crippen LogP contribution in [0.3, 0.4) is 0 Å². The Bertz CT molecular complexity index is 1870. The van der Waals surface area contributed by atoms with Crippen molar-refractivity contribution in [1.29, 1.82) is 0 Å². The van der Waals surface area contributed by atoms with Crippen LogP contribution in [0.1, 0.15) is 257 Å². The lowest BCUT2D eigenvalue weighted by Gasteiger charge is -2.11. The summed E-state index contributed by atoms with van der Waals surface area (Å²) in [5.74, 6) is 0.375. The molecule has 70 heavy (non-hydrogen) atoms. The summed E-state index contributed by atoms with van der Waals surface area (Å²) >= 11 is 0. The van der Waals surface area contributed by atoms with Gasteiger partial charge in [-0.05, 0) is 256 Å². The first-order chi connectivity index (χ1) is 33.1. The summed E-state index contributed by atoms with van der Waals surface area (Å²) in [5, 5.41) is 0. The molecule has 0 aliphatic heterocycles. The van der Waals surface area contributed by atoms with Crippen molar-refractivity contribution >= 4 is 7.82 Å². The molecule has 1 unspecified atom stereocenters. The molecule has 0 aromatic heterocycles. The van der Waals surface area contributed by atoms with Crippen molar-refractivity contribution in [2.75, 3.05) is 6.61 Å². The van der Waals surface area contributed by atoms with E-state index in [4.69, 9.17) is 9.79 Å². The highest BCUT2D eigenvalue weighted by molar-refractivity contribution is 7.46. The van der Waals surface area contributed by atoms with Crippen LogP contribution in [0, 0.1) is 5.92 Å². The molecule has 2 N–H and O–H groups in total. The van der Waals surface area contributed by atoms with E-state index >= 15 is 0 Å². The van der Waals surface area contributed by atoms with Crippen LogP contribution in [0.4, 0.5) is 0 Å². The van der Waals surface area contributed by atoms with Gasteiger partial charge in [0, 0.05) is 0 Å². The van der Waals surface area contributed by atoms with E-state index in [0.717, 1.165) is 122 Å². The number of rotatable bonds is 40. The third-order valence-corrected chi connectivity index (χ3v) is 13.9. The van der Waals surface area contributed by atoms with Gasteiger partial charge >= 0.3 is 7.82 Å². The summed E-state index contributed by atoms with van der Waals surface area (Å²) in [6.45, 7) is 31.7.